The molecule has 0 saturated heterocycles. The molecule has 0 bridgehead atoms. The maximum atomic E-state index is 12.9. The van der Waals surface area contributed by atoms with Crippen molar-refractivity contribution in [1.82, 2.24) is 15.4 Å². The molecule has 4 rings (SSSR count). The number of amides is 1. The highest BCUT2D eigenvalue weighted by atomic mass is 16.2. The molecule has 0 aliphatic rings. The van der Waals surface area contributed by atoms with Gasteiger partial charge in [-0.05, 0) is 36.2 Å². The summed E-state index contributed by atoms with van der Waals surface area (Å²) in [6.45, 7) is 2.17. The quantitative estimate of drug-likeness (QED) is 0.369. The maximum absolute atomic E-state index is 12.9. The Morgan fingerprint density at radius 1 is 1.03 bits per heavy atom. The first-order valence-corrected chi connectivity index (χ1v) is 9.98. The number of hydrazone groups is 1. The van der Waals surface area contributed by atoms with Crippen molar-refractivity contribution in [2.75, 3.05) is 0 Å². The van der Waals surface area contributed by atoms with E-state index >= 15 is 0 Å². The summed E-state index contributed by atoms with van der Waals surface area (Å²) in [5.74, 6) is -0.287. The fourth-order valence-electron chi connectivity index (χ4n) is 3.31. The number of carbonyl (C=O) groups is 1. The SMILES string of the molecule is CCCc1ccc(-c2cc(C(=O)NN=Cc3ccccn3)c3ccccc3n2)cc1. The molecular formula is C25H22N4O. The summed E-state index contributed by atoms with van der Waals surface area (Å²) in [5.41, 5.74) is 7.62. The molecular weight excluding hydrogens is 372 g/mol. The number of nitrogens with zero attached hydrogens (tertiary/aromatic N) is 3. The molecule has 0 unspecified atom stereocenters. The third-order valence-electron chi connectivity index (χ3n) is 4.80. The van der Waals surface area contributed by atoms with E-state index < -0.39 is 0 Å². The number of carbonyl (C=O) groups excluding carboxylic acids is 1. The van der Waals surface area contributed by atoms with E-state index in [0.29, 0.717) is 11.3 Å². The van der Waals surface area contributed by atoms with Crippen molar-refractivity contribution >= 4 is 23.0 Å². The maximum Gasteiger partial charge on any atom is 0.272 e. The van der Waals surface area contributed by atoms with Gasteiger partial charge in [-0.25, -0.2) is 10.4 Å². The van der Waals surface area contributed by atoms with Crippen LogP contribution < -0.4 is 5.43 Å². The number of hydrogen-bond donors (Lipinski definition) is 1. The van der Waals surface area contributed by atoms with E-state index in [1.807, 2.05) is 48.5 Å². The van der Waals surface area contributed by atoms with E-state index in [1.54, 1.807) is 6.20 Å². The number of para-hydroxylation sites is 1. The molecule has 0 fully saturated rings. The van der Waals surface area contributed by atoms with Gasteiger partial charge in [0.25, 0.3) is 5.91 Å². The van der Waals surface area contributed by atoms with Gasteiger partial charge in [0, 0.05) is 17.1 Å². The van der Waals surface area contributed by atoms with Gasteiger partial charge in [0.2, 0.25) is 0 Å². The molecule has 0 aliphatic carbocycles. The Labute approximate surface area is 175 Å². The Kier molecular flexibility index (Phi) is 5.90. The number of nitrogens with one attached hydrogen (secondary N) is 1. The third-order valence-corrected chi connectivity index (χ3v) is 4.80. The Morgan fingerprint density at radius 3 is 2.60 bits per heavy atom. The van der Waals surface area contributed by atoms with Gasteiger partial charge < -0.3 is 0 Å². The van der Waals surface area contributed by atoms with E-state index in [1.165, 1.54) is 11.8 Å². The summed E-state index contributed by atoms with van der Waals surface area (Å²) in [7, 11) is 0. The van der Waals surface area contributed by atoms with Crippen LogP contribution in [0.5, 0.6) is 0 Å². The monoisotopic (exact) mass is 394 g/mol. The molecule has 2 aromatic carbocycles. The van der Waals surface area contributed by atoms with E-state index in [9.17, 15) is 4.79 Å². The van der Waals surface area contributed by atoms with E-state index in [2.05, 4.69) is 46.7 Å². The number of benzene rings is 2. The zero-order valence-electron chi connectivity index (χ0n) is 16.7. The molecule has 0 radical (unpaired) electrons. The molecule has 4 aromatic rings. The minimum Gasteiger partial charge on any atom is -0.267 e. The highest BCUT2D eigenvalue weighted by Crippen LogP contribution is 2.25. The first-order chi connectivity index (χ1) is 14.7. The molecule has 1 amide bonds. The van der Waals surface area contributed by atoms with Crippen LogP contribution in [0.15, 0.2) is 84.1 Å². The Bertz CT molecular complexity index is 1180. The zero-order valence-corrected chi connectivity index (χ0v) is 16.7. The number of aryl methyl sites for hydroxylation is 1. The summed E-state index contributed by atoms with van der Waals surface area (Å²) in [4.78, 5) is 21.8. The fourth-order valence-corrected chi connectivity index (χ4v) is 3.31. The average molecular weight is 394 g/mol. The second kappa shape index (κ2) is 9.09. The zero-order chi connectivity index (χ0) is 20.8. The Morgan fingerprint density at radius 2 is 1.83 bits per heavy atom. The van der Waals surface area contributed by atoms with Crippen molar-refractivity contribution in [3.05, 3.63) is 95.8 Å². The summed E-state index contributed by atoms with van der Waals surface area (Å²) < 4.78 is 0. The molecule has 0 saturated carbocycles. The van der Waals surface area contributed by atoms with Gasteiger partial charge in [0.1, 0.15) is 0 Å². The summed E-state index contributed by atoms with van der Waals surface area (Å²) in [5, 5.41) is 4.84. The summed E-state index contributed by atoms with van der Waals surface area (Å²) in [6, 6.07) is 23.3. The largest absolute Gasteiger partial charge is 0.272 e. The van der Waals surface area contributed by atoms with Crippen LogP contribution in [0.4, 0.5) is 0 Å². The standard InChI is InChI=1S/C25H22N4O/c1-2-7-18-11-13-19(14-12-18)24-16-22(21-9-3-4-10-23(21)28-24)25(30)29-27-17-20-8-5-6-15-26-20/h3-6,8-17H,2,7H2,1H3,(H,29,30). The predicted octanol–water partition coefficient (Wildman–Crippen LogP) is 5.01. The van der Waals surface area contributed by atoms with Crippen molar-refractivity contribution in [2.24, 2.45) is 5.10 Å². The molecule has 148 valence electrons. The van der Waals surface area contributed by atoms with Crippen LogP contribution in [0.1, 0.15) is 35.0 Å². The lowest BCUT2D eigenvalue weighted by Gasteiger charge is -2.09. The highest BCUT2D eigenvalue weighted by Gasteiger charge is 2.13. The van der Waals surface area contributed by atoms with Crippen LogP contribution in [-0.2, 0) is 6.42 Å². The first kappa shape index (κ1) is 19.5. The molecule has 5 nitrogen and oxygen atoms in total. The second-order valence-corrected chi connectivity index (χ2v) is 6.97. The van der Waals surface area contributed by atoms with Gasteiger partial charge in [0.15, 0.2) is 0 Å². The minimum absolute atomic E-state index is 0.287. The fraction of sp³-hybridized carbons (Fsp3) is 0.120. The molecule has 30 heavy (non-hydrogen) atoms. The number of hydrogen-bond acceptors (Lipinski definition) is 4. The molecule has 0 aliphatic heterocycles. The lowest BCUT2D eigenvalue weighted by Crippen LogP contribution is -2.18. The van der Waals surface area contributed by atoms with Gasteiger partial charge >= 0.3 is 0 Å². The molecule has 2 aromatic heterocycles. The molecule has 5 heteroatoms. The second-order valence-electron chi connectivity index (χ2n) is 6.97. The third kappa shape index (κ3) is 4.41. The lowest BCUT2D eigenvalue weighted by molar-refractivity contribution is 0.0956. The van der Waals surface area contributed by atoms with Gasteiger partial charge in [-0.3, -0.25) is 9.78 Å². The van der Waals surface area contributed by atoms with Crippen LogP contribution in [-0.4, -0.2) is 22.1 Å². The van der Waals surface area contributed by atoms with E-state index in [4.69, 9.17) is 4.98 Å². The van der Waals surface area contributed by atoms with Crippen LogP contribution >= 0.6 is 0 Å². The van der Waals surface area contributed by atoms with Crippen molar-refractivity contribution in [2.45, 2.75) is 19.8 Å². The molecule has 2 heterocycles. The summed E-state index contributed by atoms with van der Waals surface area (Å²) in [6.07, 6.45) is 5.36. The van der Waals surface area contributed by atoms with Crippen molar-refractivity contribution in [1.29, 1.82) is 0 Å². The minimum atomic E-state index is -0.287. The lowest BCUT2D eigenvalue weighted by atomic mass is 10.0. The van der Waals surface area contributed by atoms with Crippen LogP contribution in [0.25, 0.3) is 22.2 Å². The smallest absolute Gasteiger partial charge is 0.267 e. The van der Waals surface area contributed by atoms with Crippen molar-refractivity contribution in [3.8, 4) is 11.3 Å². The van der Waals surface area contributed by atoms with Gasteiger partial charge in [0.05, 0.1) is 28.7 Å². The molecule has 0 spiro atoms. The Hall–Kier alpha value is -3.86. The normalized spacial score (nSPS) is 11.1. The number of aromatic nitrogens is 2. The van der Waals surface area contributed by atoms with E-state index in [0.717, 1.165) is 35.0 Å². The average Bonchev–Trinajstić information content (AvgIpc) is 2.80. The van der Waals surface area contributed by atoms with Crippen LogP contribution in [0.2, 0.25) is 0 Å². The number of pyridine rings is 2. The number of fused-ring (bicyclic) bond motifs is 1. The number of rotatable bonds is 6. The van der Waals surface area contributed by atoms with Crippen molar-refractivity contribution < 1.29 is 4.79 Å². The van der Waals surface area contributed by atoms with Crippen molar-refractivity contribution in [3.63, 3.8) is 0 Å². The highest BCUT2D eigenvalue weighted by molar-refractivity contribution is 6.07. The first-order valence-electron chi connectivity index (χ1n) is 9.98. The van der Waals surface area contributed by atoms with Crippen LogP contribution in [0, 0.1) is 0 Å². The molecule has 1 N–H and O–H groups in total. The van der Waals surface area contributed by atoms with Gasteiger partial charge in [-0.2, -0.15) is 5.10 Å². The Balaban J connectivity index is 1.66. The topological polar surface area (TPSA) is 67.2 Å². The predicted molar refractivity (Wildman–Crippen MR) is 120 cm³/mol. The van der Waals surface area contributed by atoms with E-state index in [-0.39, 0.29) is 5.91 Å². The van der Waals surface area contributed by atoms with Gasteiger partial charge in [-0.15, -0.1) is 0 Å². The molecule has 0 atom stereocenters. The summed E-state index contributed by atoms with van der Waals surface area (Å²) >= 11 is 0. The van der Waals surface area contributed by atoms with Gasteiger partial charge in [-0.1, -0.05) is 61.9 Å². The van der Waals surface area contributed by atoms with Crippen LogP contribution in [0.3, 0.4) is 0 Å².